The Balaban J connectivity index is 2.05. The van der Waals surface area contributed by atoms with E-state index in [1.165, 1.54) is 7.11 Å². The van der Waals surface area contributed by atoms with Crippen molar-refractivity contribution in [3.63, 3.8) is 0 Å². The minimum absolute atomic E-state index is 0.0799. The number of benzene rings is 1. The first-order valence-electron chi connectivity index (χ1n) is 6.43. The topological polar surface area (TPSA) is 76.7 Å². The number of nitrogens with one attached hydrogen (secondary N) is 2. The minimum atomic E-state index is -0.281. The van der Waals surface area contributed by atoms with Crippen LogP contribution in [0.3, 0.4) is 0 Å². The third-order valence-corrected chi connectivity index (χ3v) is 3.27. The van der Waals surface area contributed by atoms with Crippen LogP contribution in [0.5, 0.6) is 11.5 Å². The van der Waals surface area contributed by atoms with E-state index in [9.17, 15) is 9.59 Å². The number of hydrogen-bond donors (Lipinski definition) is 2. The molecule has 2 N–H and O–H groups in total. The summed E-state index contributed by atoms with van der Waals surface area (Å²) in [6.45, 7) is 0.544. The van der Waals surface area contributed by atoms with Crippen molar-refractivity contribution in [2.24, 2.45) is 5.92 Å². The van der Waals surface area contributed by atoms with Gasteiger partial charge in [-0.1, -0.05) is 0 Å². The van der Waals surface area contributed by atoms with E-state index in [4.69, 9.17) is 9.47 Å². The fourth-order valence-corrected chi connectivity index (χ4v) is 2.17. The highest BCUT2D eigenvalue weighted by Gasteiger charge is 2.25. The molecular weight excluding hydrogens is 260 g/mol. The fraction of sp³-hybridized carbons (Fsp3) is 0.429. The average molecular weight is 278 g/mol. The normalized spacial score (nSPS) is 18.1. The molecule has 1 fully saturated rings. The molecular formula is C14H18N2O4. The summed E-state index contributed by atoms with van der Waals surface area (Å²) in [7, 11) is 3.09. The minimum Gasteiger partial charge on any atom is -0.493 e. The molecule has 1 unspecified atom stereocenters. The molecule has 1 aromatic carbocycles. The number of hydrogen-bond acceptors (Lipinski definition) is 4. The van der Waals surface area contributed by atoms with Crippen LogP contribution in [-0.4, -0.2) is 32.6 Å². The molecule has 20 heavy (non-hydrogen) atoms. The quantitative estimate of drug-likeness (QED) is 0.866. The highest BCUT2D eigenvalue weighted by molar-refractivity contribution is 5.96. The van der Waals surface area contributed by atoms with E-state index >= 15 is 0 Å². The van der Waals surface area contributed by atoms with E-state index in [0.29, 0.717) is 30.2 Å². The molecule has 6 nitrogen and oxygen atoms in total. The van der Waals surface area contributed by atoms with Gasteiger partial charge in [-0.15, -0.1) is 0 Å². The lowest BCUT2D eigenvalue weighted by Gasteiger charge is -2.21. The van der Waals surface area contributed by atoms with E-state index in [2.05, 4.69) is 10.6 Å². The molecule has 108 valence electrons. The van der Waals surface area contributed by atoms with Crippen molar-refractivity contribution >= 4 is 17.5 Å². The highest BCUT2D eigenvalue weighted by atomic mass is 16.5. The first-order chi connectivity index (χ1) is 9.63. The van der Waals surface area contributed by atoms with Gasteiger partial charge in [0.15, 0.2) is 11.5 Å². The Hall–Kier alpha value is -2.24. The Bertz CT molecular complexity index is 516. The van der Waals surface area contributed by atoms with Crippen LogP contribution >= 0.6 is 0 Å². The maximum atomic E-state index is 12.1. The summed E-state index contributed by atoms with van der Waals surface area (Å²) < 4.78 is 10.3. The predicted molar refractivity (Wildman–Crippen MR) is 73.9 cm³/mol. The van der Waals surface area contributed by atoms with Gasteiger partial charge < -0.3 is 20.1 Å². The highest BCUT2D eigenvalue weighted by Crippen LogP contribution is 2.30. The summed E-state index contributed by atoms with van der Waals surface area (Å²) in [6.07, 6.45) is 0.893. The van der Waals surface area contributed by atoms with Crippen molar-refractivity contribution in [3.8, 4) is 11.5 Å². The molecule has 0 bridgehead atoms. The van der Waals surface area contributed by atoms with Gasteiger partial charge in [0.1, 0.15) is 0 Å². The predicted octanol–water partition coefficient (Wildman–Crippen LogP) is 1.17. The number of rotatable bonds is 4. The van der Waals surface area contributed by atoms with Gasteiger partial charge in [-0.2, -0.15) is 0 Å². The number of carbonyl (C=O) groups is 2. The largest absolute Gasteiger partial charge is 0.493 e. The third kappa shape index (κ3) is 3.20. The van der Waals surface area contributed by atoms with Gasteiger partial charge in [0.05, 0.1) is 14.2 Å². The zero-order chi connectivity index (χ0) is 14.5. The van der Waals surface area contributed by atoms with Gasteiger partial charge in [0.25, 0.3) is 0 Å². The Morgan fingerprint density at radius 3 is 2.70 bits per heavy atom. The van der Waals surface area contributed by atoms with Gasteiger partial charge in [0, 0.05) is 30.6 Å². The molecule has 0 saturated carbocycles. The smallest absolute Gasteiger partial charge is 0.228 e. The lowest BCUT2D eigenvalue weighted by Crippen LogP contribution is -2.38. The summed E-state index contributed by atoms with van der Waals surface area (Å²) in [4.78, 5) is 23.4. The number of carbonyl (C=O) groups excluding carboxylic acids is 2. The second-order valence-corrected chi connectivity index (χ2v) is 4.60. The van der Waals surface area contributed by atoms with Crippen LogP contribution in [0.2, 0.25) is 0 Å². The van der Waals surface area contributed by atoms with Crippen LogP contribution in [-0.2, 0) is 9.59 Å². The average Bonchev–Trinajstić information content (AvgIpc) is 2.47. The Labute approximate surface area is 117 Å². The van der Waals surface area contributed by atoms with E-state index < -0.39 is 0 Å². The lowest BCUT2D eigenvalue weighted by atomic mass is 9.96. The number of methoxy groups -OCH3 is 2. The first-order valence-corrected chi connectivity index (χ1v) is 6.43. The molecule has 1 aliphatic rings. The molecule has 1 heterocycles. The zero-order valence-corrected chi connectivity index (χ0v) is 11.6. The van der Waals surface area contributed by atoms with Crippen molar-refractivity contribution in [1.82, 2.24) is 5.32 Å². The second kappa shape index (κ2) is 6.27. The van der Waals surface area contributed by atoms with Gasteiger partial charge in [0.2, 0.25) is 11.8 Å². The van der Waals surface area contributed by atoms with Crippen LogP contribution in [0.15, 0.2) is 18.2 Å². The Morgan fingerprint density at radius 1 is 1.30 bits per heavy atom. The van der Waals surface area contributed by atoms with Crippen LogP contribution in [0.25, 0.3) is 0 Å². The number of amides is 2. The monoisotopic (exact) mass is 278 g/mol. The Kier molecular flexibility index (Phi) is 4.45. The van der Waals surface area contributed by atoms with Crippen LogP contribution in [0.4, 0.5) is 5.69 Å². The van der Waals surface area contributed by atoms with Gasteiger partial charge in [-0.3, -0.25) is 9.59 Å². The van der Waals surface area contributed by atoms with Gasteiger partial charge in [-0.05, 0) is 18.6 Å². The number of ether oxygens (including phenoxy) is 2. The molecule has 1 aromatic rings. The number of anilines is 1. The molecule has 0 aliphatic carbocycles. The summed E-state index contributed by atoms with van der Waals surface area (Å²) in [5.74, 6) is 0.641. The molecule has 6 heteroatoms. The van der Waals surface area contributed by atoms with E-state index in [-0.39, 0.29) is 24.2 Å². The second-order valence-electron chi connectivity index (χ2n) is 4.60. The molecule has 1 saturated heterocycles. The molecule has 1 aliphatic heterocycles. The van der Waals surface area contributed by atoms with Crippen molar-refractivity contribution in [2.75, 3.05) is 26.1 Å². The van der Waals surface area contributed by atoms with E-state index in [0.717, 1.165) is 0 Å². The third-order valence-electron chi connectivity index (χ3n) is 3.27. The van der Waals surface area contributed by atoms with E-state index in [1.807, 2.05) is 0 Å². The first kappa shape index (κ1) is 14.2. The fourth-order valence-electron chi connectivity index (χ4n) is 2.17. The zero-order valence-electron chi connectivity index (χ0n) is 11.6. The van der Waals surface area contributed by atoms with Crippen molar-refractivity contribution < 1.29 is 19.1 Å². The van der Waals surface area contributed by atoms with Crippen molar-refractivity contribution in [3.05, 3.63) is 18.2 Å². The van der Waals surface area contributed by atoms with Gasteiger partial charge in [-0.25, -0.2) is 0 Å². The molecule has 0 spiro atoms. The Morgan fingerprint density at radius 2 is 2.05 bits per heavy atom. The molecule has 0 radical (unpaired) electrons. The summed E-state index contributed by atoms with van der Waals surface area (Å²) in [6, 6.07) is 5.16. The summed E-state index contributed by atoms with van der Waals surface area (Å²) in [5, 5.41) is 5.51. The van der Waals surface area contributed by atoms with Crippen LogP contribution in [0.1, 0.15) is 12.8 Å². The summed E-state index contributed by atoms with van der Waals surface area (Å²) >= 11 is 0. The SMILES string of the molecule is COc1ccc(NC(=O)C2CCNC(=O)C2)cc1OC. The molecule has 2 rings (SSSR count). The van der Waals surface area contributed by atoms with Gasteiger partial charge >= 0.3 is 0 Å². The molecule has 1 atom stereocenters. The maximum absolute atomic E-state index is 12.1. The molecule has 2 amide bonds. The lowest BCUT2D eigenvalue weighted by molar-refractivity contribution is -0.129. The van der Waals surface area contributed by atoms with Crippen LogP contribution < -0.4 is 20.1 Å². The van der Waals surface area contributed by atoms with Crippen LogP contribution in [0, 0.1) is 5.92 Å². The summed E-state index contributed by atoms with van der Waals surface area (Å²) in [5.41, 5.74) is 0.624. The van der Waals surface area contributed by atoms with E-state index in [1.54, 1.807) is 25.3 Å². The maximum Gasteiger partial charge on any atom is 0.228 e. The van der Waals surface area contributed by atoms with Crippen molar-refractivity contribution in [1.29, 1.82) is 0 Å². The molecule has 0 aromatic heterocycles. The number of piperidine rings is 1. The van der Waals surface area contributed by atoms with Crippen molar-refractivity contribution in [2.45, 2.75) is 12.8 Å². The standard InChI is InChI=1S/C14H18N2O4/c1-19-11-4-3-10(8-12(11)20-2)16-14(18)9-5-6-15-13(17)7-9/h3-4,8-9H,5-7H2,1-2H3,(H,15,17)(H,16,18).